The quantitative estimate of drug-likeness (QED) is 0.500. The summed E-state index contributed by atoms with van der Waals surface area (Å²) in [5, 5.41) is 9.58. The summed E-state index contributed by atoms with van der Waals surface area (Å²) in [7, 11) is 0. The van der Waals surface area contributed by atoms with Crippen LogP contribution in [-0.4, -0.2) is 38.1 Å². The Morgan fingerprint density at radius 3 is 2.16 bits per heavy atom. The highest BCUT2D eigenvalue weighted by atomic mass is 16.2. The molecule has 0 spiro atoms. The molecule has 1 aliphatic heterocycles. The summed E-state index contributed by atoms with van der Waals surface area (Å²) in [6.07, 6.45) is 7.57. The van der Waals surface area contributed by atoms with Crippen LogP contribution < -0.4 is 16.0 Å². The number of nitrogens with one attached hydrogen (secondary N) is 3. The van der Waals surface area contributed by atoms with E-state index in [9.17, 15) is 4.79 Å². The standard InChI is InChI=1S/C15H31N3O/c1-13(2)17-9-7-5-3-4-6-8-10-18-15(19)14-11-16-12-14/h13-14,16-17H,3-12H2,1-2H3,(H,18,19). The molecule has 0 radical (unpaired) electrons. The molecule has 112 valence electrons. The molecule has 4 nitrogen and oxygen atoms in total. The molecule has 0 aliphatic carbocycles. The van der Waals surface area contributed by atoms with Gasteiger partial charge in [0, 0.05) is 25.7 Å². The number of hydrogen-bond donors (Lipinski definition) is 3. The van der Waals surface area contributed by atoms with Crippen molar-refractivity contribution in [2.45, 2.75) is 58.4 Å². The van der Waals surface area contributed by atoms with Crippen LogP contribution in [0.4, 0.5) is 0 Å². The van der Waals surface area contributed by atoms with Crippen molar-refractivity contribution in [1.29, 1.82) is 0 Å². The van der Waals surface area contributed by atoms with Crippen LogP contribution in [0, 0.1) is 5.92 Å². The SMILES string of the molecule is CC(C)NCCCCCCCCNC(=O)C1CNC1. The Morgan fingerprint density at radius 1 is 1.05 bits per heavy atom. The van der Waals surface area contributed by atoms with E-state index in [-0.39, 0.29) is 11.8 Å². The van der Waals surface area contributed by atoms with Crippen LogP contribution in [0.15, 0.2) is 0 Å². The molecule has 1 rings (SSSR count). The first-order chi connectivity index (χ1) is 9.20. The molecule has 1 fully saturated rings. The molecule has 19 heavy (non-hydrogen) atoms. The molecule has 1 aliphatic rings. The first-order valence-corrected chi connectivity index (χ1v) is 7.92. The van der Waals surface area contributed by atoms with Crippen LogP contribution >= 0.6 is 0 Å². The average Bonchev–Trinajstić information content (AvgIpc) is 2.29. The monoisotopic (exact) mass is 269 g/mol. The number of hydrogen-bond acceptors (Lipinski definition) is 3. The van der Waals surface area contributed by atoms with Crippen LogP contribution in [-0.2, 0) is 4.79 Å². The Kier molecular flexibility index (Phi) is 8.84. The van der Waals surface area contributed by atoms with Crippen molar-refractivity contribution in [3.8, 4) is 0 Å². The van der Waals surface area contributed by atoms with Crippen LogP contribution in [0.25, 0.3) is 0 Å². The van der Waals surface area contributed by atoms with Gasteiger partial charge in [-0.25, -0.2) is 0 Å². The minimum absolute atomic E-state index is 0.230. The lowest BCUT2D eigenvalue weighted by Gasteiger charge is -2.25. The summed E-state index contributed by atoms with van der Waals surface area (Å²) in [6.45, 7) is 8.09. The molecule has 4 heteroatoms. The maximum atomic E-state index is 11.5. The zero-order valence-electron chi connectivity index (χ0n) is 12.6. The Hall–Kier alpha value is -0.610. The zero-order chi connectivity index (χ0) is 13.9. The maximum absolute atomic E-state index is 11.5. The molecule has 1 heterocycles. The third-order valence-electron chi connectivity index (χ3n) is 3.61. The molecule has 3 N–H and O–H groups in total. The summed E-state index contributed by atoms with van der Waals surface area (Å²) >= 11 is 0. The van der Waals surface area contributed by atoms with Crippen molar-refractivity contribution in [3.05, 3.63) is 0 Å². The topological polar surface area (TPSA) is 53.2 Å². The fraction of sp³-hybridized carbons (Fsp3) is 0.933. The van der Waals surface area contributed by atoms with Gasteiger partial charge in [-0.05, 0) is 19.4 Å². The Balaban J connectivity index is 1.75. The van der Waals surface area contributed by atoms with Gasteiger partial charge < -0.3 is 16.0 Å². The highest BCUT2D eigenvalue weighted by Gasteiger charge is 2.23. The van der Waals surface area contributed by atoms with Crippen LogP contribution in [0.2, 0.25) is 0 Å². The average molecular weight is 269 g/mol. The summed E-state index contributed by atoms with van der Waals surface area (Å²) in [4.78, 5) is 11.5. The third kappa shape index (κ3) is 8.22. The first kappa shape index (κ1) is 16.4. The van der Waals surface area contributed by atoms with E-state index in [1.54, 1.807) is 0 Å². The third-order valence-corrected chi connectivity index (χ3v) is 3.61. The van der Waals surface area contributed by atoms with Crippen molar-refractivity contribution in [3.63, 3.8) is 0 Å². The van der Waals surface area contributed by atoms with Gasteiger partial charge in [0.1, 0.15) is 0 Å². The van der Waals surface area contributed by atoms with Gasteiger partial charge in [0.15, 0.2) is 0 Å². The van der Waals surface area contributed by atoms with Gasteiger partial charge in [0.05, 0.1) is 5.92 Å². The lowest BCUT2D eigenvalue weighted by molar-refractivity contribution is -0.126. The van der Waals surface area contributed by atoms with Crippen molar-refractivity contribution >= 4 is 5.91 Å². The van der Waals surface area contributed by atoms with Gasteiger partial charge in [-0.15, -0.1) is 0 Å². The lowest BCUT2D eigenvalue weighted by Crippen LogP contribution is -2.50. The van der Waals surface area contributed by atoms with E-state index in [0.29, 0.717) is 6.04 Å². The fourth-order valence-electron chi connectivity index (χ4n) is 2.18. The molecular formula is C15H31N3O. The second kappa shape index (κ2) is 10.2. The van der Waals surface area contributed by atoms with Gasteiger partial charge in [-0.2, -0.15) is 0 Å². The van der Waals surface area contributed by atoms with Crippen molar-refractivity contribution in [1.82, 2.24) is 16.0 Å². The molecule has 0 saturated carbocycles. The molecule has 0 aromatic carbocycles. The Labute approximate surface area is 118 Å². The highest BCUT2D eigenvalue weighted by Crippen LogP contribution is 2.05. The molecule has 0 aromatic heterocycles. The molecular weight excluding hydrogens is 238 g/mol. The summed E-state index contributed by atoms with van der Waals surface area (Å²) in [5.74, 6) is 0.465. The van der Waals surface area contributed by atoms with E-state index in [0.717, 1.165) is 32.6 Å². The van der Waals surface area contributed by atoms with Crippen LogP contribution in [0.3, 0.4) is 0 Å². The molecule has 0 unspecified atom stereocenters. The van der Waals surface area contributed by atoms with Crippen LogP contribution in [0.5, 0.6) is 0 Å². The van der Waals surface area contributed by atoms with E-state index in [2.05, 4.69) is 29.8 Å². The number of carbonyl (C=O) groups excluding carboxylic acids is 1. The molecule has 0 atom stereocenters. The van der Waals surface area contributed by atoms with E-state index in [1.807, 2.05) is 0 Å². The fourth-order valence-corrected chi connectivity index (χ4v) is 2.18. The predicted molar refractivity (Wildman–Crippen MR) is 80.2 cm³/mol. The number of carbonyl (C=O) groups is 1. The summed E-state index contributed by atoms with van der Waals surface area (Å²) in [5.41, 5.74) is 0. The Bertz CT molecular complexity index is 240. The van der Waals surface area contributed by atoms with Crippen molar-refractivity contribution < 1.29 is 4.79 Å². The lowest BCUT2D eigenvalue weighted by atomic mass is 10.0. The predicted octanol–water partition coefficient (Wildman–Crippen LogP) is 1.66. The first-order valence-electron chi connectivity index (χ1n) is 7.92. The van der Waals surface area contributed by atoms with Gasteiger partial charge in [0.2, 0.25) is 5.91 Å². The van der Waals surface area contributed by atoms with Crippen LogP contribution in [0.1, 0.15) is 52.4 Å². The van der Waals surface area contributed by atoms with Gasteiger partial charge in [0.25, 0.3) is 0 Å². The minimum Gasteiger partial charge on any atom is -0.356 e. The van der Waals surface area contributed by atoms with Crippen molar-refractivity contribution in [2.24, 2.45) is 5.92 Å². The second-order valence-electron chi connectivity index (χ2n) is 5.88. The van der Waals surface area contributed by atoms with E-state index < -0.39 is 0 Å². The summed E-state index contributed by atoms with van der Waals surface area (Å²) < 4.78 is 0. The largest absolute Gasteiger partial charge is 0.356 e. The smallest absolute Gasteiger partial charge is 0.225 e. The van der Waals surface area contributed by atoms with E-state index in [1.165, 1.54) is 32.1 Å². The molecule has 0 bridgehead atoms. The summed E-state index contributed by atoms with van der Waals surface area (Å²) in [6, 6.07) is 0.606. The maximum Gasteiger partial charge on any atom is 0.225 e. The second-order valence-corrected chi connectivity index (χ2v) is 5.88. The zero-order valence-corrected chi connectivity index (χ0v) is 12.6. The molecule has 1 saturated heterocycles. The van der Waals surface area contributed by atoms with E-state index >= 15 is 0 Å². The number of unbranched alkanes of at least 4 members (excludes halogenated alkanes) is 5. The minimum atomic E-state index is 0.230. The highest BCUT2D eigenvalue weighted by molar-refractivity contribution is 5.79. The normalized spacial score (nSPS) is 15.5. The number of rotatable bonds is 11. The Morgan fingerprint density at radius 2 is 1.63 bits per heavy atom. The van der Waals surface area contributed by atoms with Gasteiger partial charge in [-0.3, -0.25) is 4.79 Å². The van der Waals surface area contributed by atoms with Gasteiger partial charge >= 0.3 is 0 Å². The number of amides is 1. The van der Waals surface area contributed by atoms with Crippen molar-refractivity contribution in [2.75, 3.05) is 26.2 Å². The molecule has 0 aromatic rings. The van der Waals surface area contributed by atoms with E-state index in [4.69, 9.17) is 0 Å². The van der Waals surface area contributed by atoms with Gasteiger partial charge in [-0.1, -0.05) is 39.5 Å². The molecule has 1 amide bonds.